The van der Waals surface area contributed by atoms with E-state index in [2.05, 4.69) is 23.9 Å². The zero-order valence-electron chi connectivity index (χ0n) is 10.6. The van der Waals surface area contributed by atoms with E-state index in [0.29, 0.717) is 10.6 Å². The first-order chi connectivity index (χ1) is 8.04. The Morgan fingerprint density at radius 2 is 1.94 bits per heavy atom. The van der Waals surface area contributed by atoms with Crippen molar-refractivity contribution in [2.75, 3.05) is 39.1 Å². The minimum Gasteiger partial charge on any atom is -0.373 e. The summed E-state index contributed by atoms with van der Waals surface area (Å²) in [4.78, 5) is 14.9. The molecule has 0 spiro atoms. The number of anilines is 1. The SMILES string of the molecule is CN(C)CCCN(C)c1ccc(C=O)cc1Cl. The van der Waals surface area contributed by atoms with Crippen LogP contribution in [-0.2, 0) is 0 Å². The van der Waals surface area contributed by atoms with Crippen LogP contribution in [0, 0.1) is 0 Å². The molecule has 0 saturated carbocycles. The molecule has 17 heavy (non-hydrogen) atoms. The molecule has 0 aromatic heterocycles. The van der Waals surface area contributed by atoms with Gasteiger partial charge in [-0.25, -0.2) is 0 Å². The molecule has 0 radical (unpaired) electrons. The molecule has 0 fully saturated rings. The highest BCUT2D eigenvalue weighted by Crippen LogP contribution is 2.25. The molecule has 1 aromatic carbocycles. The van der Waals surface area contributed by atoms with Crippen LogP contribution in [0.3, 0.4) is 0 Å². The van der Waals surface area contributed by atoms with Gasteiger partial charge in [-0.3, -0.25) is 4.79 Å². The highest BCUT2D eigenvalue weighted by atomic mass is 35.5. The number of benzene rings is 1. The van der Waals surface area contributed by atoms with E-state index in [1.54, 1.807) is 12.1 Å². The summed E-state index contributed by atoms with van der Waals surface area (Å²) in [5, 5.41) is 0.627. The second kappa shape index (κ2) is 6.62. The predicted octanol–water partition coefficient (Wildman–Crippen LogP) is 2.54. The van der Waals surface area contributed by atoms with Gasteiger partial charge in [0, 0.05) is 19.2 Å². The first-order valence-electron chi connectivity index (χ1n) is 5.65. The molecule has 0 aliphatic carbocycles. The van der Waals surface area contributed by atoms with Crippen LogP contribution < -0.4 is 4.90 Å². The highest BCUT2D eigenvalue weighted by Gasteiger charge is 2.06. The van der Waals surface area contributed by atoms with Gasteiger partial charge in [0.2, 0.25) is 0 Å². The first kappa shape index (κ1) is 14.0. The van der Waals surface area contributed by atoms with E-state index in [4.69, 9.17) is 11.6 Å². The Morgan fingerprint density at radius 3 is 2.47 bits per heavy atom. The third-order valence-corrected chi connectivity index (χ3v) is 2.92. The molecule has 94 valence electrons. The fourth-order valence-electron chi connectivity index (χ4n) is 1.65. The van der Waals surface area contributed by atoms with Crippen molar-refractivity contribution in [2.24, 2.45) is 0 Å². The van der Waals surface area contributed by atoms with Crippen molar-refractivity contribution in [3.05, 3.63) is 28.8 Å². The van der Waals surface area contributed by atoms with Crippen LogP contribution in [0.25, 0.3) is 0 Å². The van der Waals surface area contributed by atoms with Crippen molar-refractivity contribution in [3.63, 3.8) is 0 Å². The Labute approximate surface area is 108 Å². The average Bonchev–Trinajstić information content (AvgIpc) is 2.28. The number of nitrogens with zero attached hydrogens (tertiary/aromatic N) is 2. The van der Waals surface area contributed by atoms with Crippen LogP contribution in [-0.4, -0.2) is 45.4 Å². The minimum atomic E-state index is 0.612. The molecule has 0 atom stereocenters. The molecule has 0 heterocycles. The smallest absolute Gasteiger partial charge is 0.150 e. The fourth-order valence-corrected chi connectivity index (χ4v) is 1.98. The topological polar surface area (TPSA) is 23.6 Å². The molecule has 0 unspecified atom stereocenters. The predicted molar refractivity (Wildman–Crippen MR) is 73.3 cm³/mol. The van der Waals surface area contributed by atoms with E-state index in [1.807, 2.05) is 13.1 Å². The van der Waals surface area contributed by atoms with Gasteiger partial charge in [0.25, 0.3) is 0 Å². The summed E-state index contributed by atoms with van der Waals surface area (Å²) in [5.41, 5.74) is 1.58. The summed E-state index contributed by atoms with van der Waals surface area (Å²) in [6, 6.07) is 5.38. The highest BCUT2D eigenvalue weighted by molar-refractivity contribution is 6.33. The minimum absolute atomic E-state index is 0.612. The molecular weight excluding hydrogens is 236 g/mol. The van der Waals surface area contributed by atoms with E-state index < -0.39 is 0 Å². The molecule has 0 aliphatic rings. The fraction of sp³-hybridized carbons (Fsp3) is 0.462. The molecular formula is C13H19ClN2O. The summed E-state index contributed by atoms with van der Waals surface area (Å²) in [6.45, 7) is 1.99. The van der Waals surface area contributed by atoms with E-state index in [0.717, 1.165) is 31.5 Å². The molecule has 0 saturated heterocycles. The van der Waals surface area contributed by atoms with Crippen LogP contribution in [0.2, 0.25) is 5.02 Å². The summed E-state index contributed by atoms with van der Waals surface area (Å²) in [7, 11) is 6.13. The third kappa shape index (κ3) is 4.36. The average molecular weight is 255 g/mol. The van der Waals surface area contributed by atoms with Gasteiger partial charge in [0.1, 0.15) is 6.29 Å². The van der Waals surface area contributed by atoms with Crippen molar-refractivity contribution >= 4 is 23.6 Å². The summed E-state index contributed by atoms with van der Waals surface area (Å²) >= 11 is 6.13. The zero-order valence-corrected chi connectivity index (χ0v) is 11.4. The molecule has 0 N–H and O–H groups in total. The molecule has 0 aliphatic heterocycles. The van der Waals surface area contributed by atoms with E-state index in [-0.39, 0.29) is 0 Å². The monoisotopic (exact) mass is 254 g/mol. The Hall–Kier alpha value is -1.06. The van der Waals surface area contributed by atoms with Gasteiger partial charge >= 0.3 is 0 Å². The van der Waals surface area contributed by atoms with Crippen molar-refractivity contribution in [3.8, 4) is 0 Å². The molecule has 0 amide bonds. The number of carbonyl (C=O) groups is 1. The normalized spacial score (nSPS) is 10.6. The molecule has 0 bridgehead atoms. The molecule has 1 aromatic rings. The molecule has 1 rings (SSSR count). The lowest BCUT2D eigenvalue weighted by atomic mass is 10.2. The Balaban J connectivity index is 2.62. The first-order valence-corrected chi connectivity index (χ1v) is 6.03. The Morgan fingerprint density at radius 1 is 1.24 bits per heavy atom. The summed E-state index contributed by atoms with van der Waals surface area (Å²) in [6.07, 6.45) is 1.89. The van der Waals surface area contributed by atoms with Gasteiger partial charge in [-0.15, -0.1) is 0 Å². The van der Waals surface area contributed by atoms with Gasteiger partial charge in [0.15, 0.2) is 0 Å². The lowest BCUT2D eigenvalue weighted by Gasteiger charge is -2.21. The Bertz CT molecular complexity index is 380. The zero-order chi connectivity index (χ0) is 12.8. The second-order valence-electron chi connectivity index (χ2n) is 4.41. The number of hydrogen-bond donors (Lipinski definition) is 0. The van der Waals surface area contributed by atoms with Crippen molar-refractivity contribution < 1.29 is 4.79 Å². The van der Waals surface area contributed by atoms with E-state index >= 15 is 0 Å². The van der Waals surface area contributed by atoms with Crippen molar-refractivity contribution in [1.29, 1.82) is 0 Å². The van der Waals surface area contributed by atoms with Gasteiger partial charge in [0.05, 0.1) is 10.7 Å². The van der Waals surface area contributed by atoms with Gasteiger partial charge in [-0.1, -0.05) is 11.6 Å². The molecule has 4 heteroatoms. The number of hydrogen-bond acceptors (Lipinski definition) is 3. The third-order valence-electron chi connectivity index (χ3n) is 2.62. The lowest BCUT2D eigenvalue weighted by molar-refractivity contribution is 0.112. The summed E-state index contributed by atoms with van der Waals surface area (Å²) < 4.78 is 0. The summed E-state index contributed by atoms with van der Waals surface area (Å²) in [5.74, 6) is 0. The van der Waals surface area contributed by atoms with Crippen LogP contribution in [0.15, 0.2) is 18.2 Å². The van der Waals surface area contributed by atoms with Crippen LogP contribution in [0.1, 0.15) is 16.8 Å². The maximum Gasteiger partial charge on any atom is 0.150 e. The lowest BCUT2D eigenvalue weighted by Crippen LogP contribution is -2.23. The second-order valence-corrected chi connectivity index (χ2v) is 4.81. The number of carbonyl (C=O) groups excluding carboxylic acids is 1. The maximum atomic E-state index is 10.6. The van der Waals surface area contributed by atoms with Crippen LogP contribution >= 0.6 is 11.6 Å². The van der Waals surface area contributed by atoms with Crippen LogP contribution in [0.5, 0.6) is 0 Å². The standard InChI is InChI=1S/C13H19ClN2O/c1-15(2)7-4-8-16(3)13-6-5-11(10-17)9-12(13)14/h5-6,9-10H,4,7-8H2,1-3H3. The molecule has 3 nitrogen and oxygen atoms in total. The van der Waals surface area contributed by atoms with Gasteiger partial charge < -0.3 is 9.80 Å². The van der Waals surface area contributed by atoms with Gasteiger partial charge in [-0.05, 0) is 45.3 Å². The van der Waals surface area contributed by atoms with Crippen molar-refractivity contribution in [1.82, 2.24) is 4.90 Å². The van der Waals surface area contributed by atoms with Crippen LogP contribution in [0.4, 0.5) is 5.69 Å². The van der Waals surface area contributed by atoms with E-state index in [1.165, 1.54) is 0 Å². The van der Waals surface area contributed by atoms with Gasteiger partial charge in [-0.2, -0.15) is 0 Å². The maximum absolute atomic E-state index is 10.6. The van der Waals surface area contributed by atoms with Crippen molar-refractivity contribution in [2.45, 2.75) is 6.42 Å². The number of halogens is 1. The van der Waals surface area contributed by atoms with E-state index in [9.17, 15) is 4.79 Å². The number of aldehydes is 1. The Kier molecular flexibility index (Phi) is 5.45. The largest absolute Gasteiger partial charge is 0.373 e. The quantitative estimate of drug-likeness (QED) is 0.729. The number of rotatable bonds is 6.